The summed E-state index contributed by atoms with van der Waals surface area (Å²) in [6.45, 7) is 3.05. The Morgan fingerprint density at radius 1 is 1.24 bits per heavy atom. The number of rotatable bonds is 3. The molecule has 6 nitrogen and oxygen atoms in total. The van der Waals surface area contributed by atoms with E-state index in [0.29, 0.717) is 6.61 Å². The van der Waals surface area contributed by atoms with E-state index in [-0.39, 0.29) is 23.6 Å². The Kier molecular flexibility index (Phi) is 4.25. The summed E-state index contributed by atoms with van der Waals surface area (Å²) < 4.78 is 35.5. The van der Waals surface area contributed by atoms with Gasteiger partial charge < -0.3 is 9.47 Å². The van der Waals surface area contributed by atoms with Gasteiger partial charge >= 0.3 is 0 Å². The molecule has 0 spiro atoms. The Hall–Kier alpha value is -1.57. The van der Waals surface area contributed by atoms with Gasteiger partial charge in [-0.15, -0.1) is 0 Å². The van der Waals surface area contributed by atoms with Crippen LogP contribution in [0.1, 0.15) is 5.56 Å². The van der Waals surface area contributed by atoms with Crippen LogP contribution in [0, 0.1) is 0 Å². The lowest BCUT2D eigenvalue weighted by Gasteiger charge is -2.42. The van der Waals surface area contributed by atoms with Crippen molar-refractivity contribution in [3.8, 4) is 11.5 Å². The van der Waals surface area contributed by atoms with Gasteiger partial charge in [0.15, 0.2) is 21.3 Å². The van der Waals surface area contributed by atoms with E-state index in [4.69, 9.17) is 9.47 Å². The molecule has 1 aromatic carbocycles. The zero-order valence-corrected chi connectivity index (χ0v) is 15.5. The van der Waals surface area contributed by atoms with Gasteiger partial charge in [0, 0.05) is 37.3 Å². The minimum absolute atomic E-state index is 0.0800. The quantitative estimate of drug-likeness (QED) is 0.794. The molecule has 1 aromatic rings. The topological polar surface area (TPSA) is 59.1 Å². The Morgan fingerprint density at radius 2 is 2.04 bits per heavy atom. The highest BCUT2D eigenvalue weighted by molar-refractivity contribution is 7.91. The van der Waals surface area contributed by atoms with Crippen LogP contribution in [0.4, 0.5) is 0 Å². The number of hydrogen-bond acceptors (Lipinski definition) is 6. The maximum Gasteiger partial charge on any atom is 0.168 e. The molecule has 0 aromatic heterocycles. The first-order valence-corrected chi connectivity index (χ1v) is 10.4. The third-order valence-electron chi connectivity index (χ3n) is 5.47. The lowest BCUT2D eigenvalue weighted by Crippen LogP contribution is -2.58. The Labute approximate surface area is 148 Å². The van der Waals surface area contributed by atoms with Crippen LogP contribution in [-0.4, -0.2) is 82.2 Å². The van der Waals surface area contributed by atoms with Gasteiger partial charge in [0.05, 0.1) is 18.6 Å². The van der Waals surface area contributed by atoms with Gasteiger partial charge in [-0.3, -0.25) is 9.80 Å². The largest absolute Gasteiger partial charge is 0.493 e. The summed E-state index contributed by atoms with van der Waals surface area (Å²) >= 11 is 0. The van der Waals surface area contributed by atoms with Gasteiger partial charge in [-0.2, -0.15) is 0 Å². The number of nitrogens with zero attached hydrogens (tertiary/aromatic N) is 2. The molecule has 3 aliphatic rings. The summed E-state index contributed by atoms with van der Waals surface area (Å²) in [6, 6.07) is 6.05. The maximum atomic E-state index is 12.1. The number of para-hydroxylation sites is 1. The van der Waals surface area contributed by atoms with Gasteiger partial charge in [-0.1, -0.05) is 12.1 Å². The molecule has 0 radical (unpaired) electrons. The van der Waals surface area contributed by atoms with E-state index in [1.165, 1.54) is 5.57 Å². The highest BCUT2D eigenvalue weighted by atomic mass is 32.2. The molecular weight excluding hydrogens is 340 g/mol. The number of sulfone groups is 1. The van der Waals surface area contributed by atoms with Crippen LogP contribution in [0.15, 0.2) is 23.8 Å². The smallest absolute Gasteiger partial charge is 0.168 e. The fourth-order valence-electron chi connectivity index (χ4n) is 4.13. The number of piperazine rings is 1. The first-order valence-electron chi connectivity index (χ1n) is 8.61. The second-order valence-electron chi connectivity index (χ2n) is 7.13. The van der Waals surface area contributed by atoms with Crippen molar-refractivity contribution in [2.75, 3.05) is 51.9 Å². The van der Waals surface area contributed by atoms with Gasteiger partial charge in [-0.05, 0) is 24.8 Å². The van der Waals surface area contributed by atoms with Gasteiger partial charge in [0.2, 0.25) is 0 Å². The molecule has 2 saturated heterocycles. The molecule has 0 N–H and O–H groups in total. The summed E-state index contributed by atoms with van der Waals surface area (Å²) in [5.74, 6) is 2.07. The Morgan fingerprint density at radius 3 is 2.84 bits per heavy atom. The van der Waals surface area contributed by atoms with E-state index < -0.39 is 9.84 Å². The first-order chi connectivity index (χ1) is 12.0. The Balaban J connectivity index is 1.55. The summed E-state index contributed by atoms with van der Waals surface area (Å²) in [7, 11) is 0.727. The van der Waals surface area contributed by atoms with Crippen LogP contribution in [0.3, 0.4) is 0 Å². The van der Waals surface area contributed by atoms with E-state index in [2.05, 4.69) is 15.9 Å². The second-order valence-corrected chi connectivity index (χ2v) is 9.29. The lowest BCUT2D eigenvalue weighted by atomic mass is 10.0. The Bertz CT molecular complexity index is 805. The fraction of sp³-hybridized carbons (Fsp3) is 0.556. The van der Waals surface area contributed by atoms with Crippen molar-refractivity contribution in [3.63, 3.8) is 0 Å². The molecule has 2 atom stereocenters. The van der Waals surface area contributed by atoms with Crippen LogP contribution in [0.5, 0.6) is 11.5 Å². The second kappa shape index (κ2) is 6.30. The van der Waals surface area contributed by atoms with Crippen LogP contribution in [0.25, 0.3) is 6.08 Å². The SMILES string of the molecule is COc1cccc2c1OCC(CN1CCN(C)[C@H]3CS(=O)(=O)C[C@H]31)=C2. The summed E-state index contributed by atoms with van der Waals surface area (Å²) in [5.41, 5.74) is 2.19. The molecule has 25 heavy (non-hydrogen) atoms. The highest BCUT2D eigenvalue weighted by Crippen LogP contribution is 2.36. The van der Waals surface area contributed by atoms with E-state index in [1.54, 1.807) is 7.11 Å². The van der Waals surface area contributed by atoms with Crippen molar-refractivity contribution in [3.05, 3.63) is 29.3 Å². The van der Waals surface area contributed by atoms with E-state index >= 15 is 0 Å². The molecule has 0 unspecified atom stereocenters. The average molecular weight is 364 g/mol. The zero-order chi connectivity index (χ0) is 17.6. The average Bonchev–Trinajstić information content (AvgIpc) is 2.93. The maximum absolute atomic E-state index is 12.1. The van der Waals surface area contributed by atoms with Crippen LogP contribution >= 0.6 is 0 Å². The highest BCUT2D eigenvalue weighted by Gasteiger charge is 2.45. The van der Waals surface area contributed by atoms with Crippen molar-refractivity contribution in [1.82, 2.24) is 9.80 Å². The number of fused-ring (bicyclic) bond motifs is 2. The molecule has 0 bridgehead atoms. The van der Waals surface area contributed by atoms with Crippen molar-refractivity contribution in [1.29, 1.82) is 0 Å². The molecule has 3 aliphatic heterocycles. The summed E-state index contributed by atoms with van der Waals surface area (Å²) in [4.78, 5) is 4.51. The number of benzene rings is 1. The third-order valence-corrected chi connectivity index (χ3v) is 7.16. The predicted octanol–water partition coefficient (Wildman–Crippen LogP) is 0.884. The molecular formula is C18H24N2O4S. The molecule has 3 heterocycles. The molecule has 4 rings (SSSR count). The van der Waals surface area contributed by atoms with E-state index in [0.717, 1.165) is 36.7 Å². The van der Waals surface area contributed by atoms with Crippen LogP contribution < -0.4 is 9.47 Å². The first kappa shape index (κ1) is 16.9. The van der Waals surface area contributed by atoms with E-state index in [9.17, 15) is 8.42 Å². The van der Waals surface area contributed by atoms with Crippen LogP contribution in [0.2, 0.25) is 0 Å². The predicted molar refractivity (Wildman–Crippen MR) is 96.9 cm³/mol. The fourth-order valence-corrected chi connectivity index (χ4v) is 6.22. The van der Waals surface area contributed by atoms with E-state index in [1.807, 2.05) is 25.2 Å². The minimum atomic E-state index is -2.94. The monoisotopic (exact) mass is 364 g/mol. The molecule has 7 heteroatoms. The number of methoxy groups -OCH3 is 1. The number of ether oxygens (including phenoxy) is 2. The molecule has 0 aliphatic carbocycles. The molecule has 136 valence electrons. The summed E-state index contributed by atoms with van der Waals surface area (Å²) in [6.07, 6.45) is 2.15. The van der Waals surface area contributed by atoms with Crippen molar-refractivity contribution >= 4 is 15.9 Å². The zero-order valence-electron chi connectivity index (χ0n) is 14.6. The lowest BCUT2D eigenvalue weighted by molar-refractivity contribution is 0.0683. The van der Waals surface area contributed by atoms with Gasteiger partial charge in [-0.25, -0.2) is 8.42 Å². The molecule has 0 amide bonds. The van der Waals surface area contributed by atoms with Gasteiger partial charge in [0.25, 0.3) is 0 Å². The number of hydrogen-bond donors (Lipinski definition) is 0. The number of likely N-dealkylation sites (N-methyl/N-ethyl adjacent to an activating group) is 1. The minimum Gasteiger partial charge on any atom is -0.493 e. The third kappa shape index (κ3) is 3.16. The van der Waals surface area contributed by atoms with Crippen molar-refractivity contribution in [2.45, 2.75) is 12.1 Å². The van der Waals surface area contributed by atoms with Crippen LogP contribution in [-0.2, 0) is 9.84 Å². The van der Waals surface area contributed by atoms with Crippen molar-refractivity contribution in [2.24, 2.45) is 0 Å². The molecule has 0 saturated carbocycles. The summed E-state index contributed by atoms with van der Waals surface area (Å²) in [5, 5.41) is 0. The standard InChI is InChI=1S/C18H24N2O4S/c1-19-6-7-20(16-12-25(21,22)11-15(16)19)9-13-8-14-4-3-5-17(23-2)18(14)24-10-13/h3-5,8,15-16H,6-7,9-12H2,1-2H3/t15-,16+/m0/s1. The molecule has 2 fully saturated rings. The van der Waals surface area contributed by atoms with Crippen molar-refractivity contribution < 1.29 is 17.9 Å². The normalized spacial score (nSPS) is 28.6. The van der Waals surface area contributed by atoms with Gasteiger partial charge in [0.1, 0.15) is 6.61 Å².